The molecule has 0 bridgehead atoms. The molecule has 18 heavy (non-hydrogen) atoms. The molecule has 1 heterocycles. The molecule has 98 valence electrons. The standard InChI is InChI=1S/C10H13N3O3S2/c1-13(6-5-11)18(15,16)9-4-2-3-8-10(9)17(14)7-12-8/h2-4,7H,5-6,11H2,1H3. The normalized spacial score (nSPS) is 18.3. The number of hydrogen-bond donors (Lipinski definition) is 1. The van der Waals surface area contributed by atoms with Crippen LogP contribution in [0.3, 0.4) is 0 Å². The summed E-state index contributed by atoms with van der Waals surface area (Å²) in [6.07, 6.45) is 0. The van der Waals surface area contributed by atoms with E-state index < -0.39 is 20.8 Å². The summed E-state index contributed by atoms with van der Waals surface area (Å²) in [7, 11) is -3.74. The van der Waals surface area contributed by atoms with Gasteiger partial charge in [0.1, 0.15) is 4.90 Å². The van der Waals surface area contributed by atoms with E-state index in [2.05, 4.69) is 4.99 Å². The van der Waals surface area contributed by atoms with Crippen molar-refractivity contribution >= 4 is 32.1 Å². The molecule has 2 rings (SSSR count). The van der Waals surface area contributed by atoms with Crippen molar-refractivity contribution in [2.75, 3.05) is 20.1 Å². The monoisotopic (exact) mass is 287 g/mol. The quantitative estimate of drug-likeness (QED) is 0.846. The second-order valence-corrected chi connectivity index (χ2v) is 6.98. The number of benzene rings is 1. The molecule has 0 aliphatic carbocycles. The fourth-order valence-corrected chi connectivity index (χ4v) is 4.38. The van der Waals surface area contributed by atoms with Gasteiger partial charge in [0.25, 0.3) is 0 Å². The van der Waals surface area contributed by atoms with E-state index in [1.807, 2.05) is 0 Å². The predicted molar refractivity (Wildman–Crippen MR) is 69.9 cm³/mol. The Morgan fingerprint density at radius 3 is 2.83 bits per heavy atom. The van der Waals surface area contributed by atoms with Crippen LogP contribution in [0.5, 0.6) is 0 Å². The summed E-state index contributed by atoms with van der Waals surface area (Å²) in [4.78, 5) is 4.21. The third-order valence-electron chi connectivity index (χ3n) is 2.58. The first-order valence-corrected chi connectivity index (χ1v) is 7.88. The van der Waals surface area contributed by atoms with E-state index in [4.69, 9.17) is 5.73 Å². The van der Waals surface area contributed by atoms with Gasteiger partial charge in [-0.05, 0) is 12.1 Å². The number of sulfonamides is 1. The molecule has 1 aromatic carbocycles. The van der Waals surface area contributed by atoms with Gasteiger partial charge in [0.2, 0.25) is 10.0 Å². The zero-order valence-electron chi connectivity index (χ0n) is 9.74. The molecule has 0 saturated heterocycles. The Bertz CT molecular complexity index is 625. The second-order valence-electron chi connectivity index (χ2n) is 3.75. The largest absolute Gasteiger partial charge is 0.329 e. The van der Waals surface area contributed by atoms with E-state index in [0.717, 1.165) is 4.31 Å². The van der Waals surface area contributed by atoms with E-state index in [9.17, 15) is 12.6 Å². The predicted octanol–water partition coefficient (Wildman–Crippen LogP) is 0.0468. The number of nitrogens with two attached hydrogens (primary N) is 1. The highest BCUT2D eigenvalue weighted by molar-refractivity contribution is 7.99. The molecule has 1 aromatic rings. The Balaban J connectivity index is 2.54. The zero-order chi connectivity index (χ0) is 13.3. The van der Waals surface area contributed by atoms with Crippen LogP contribution in [-0.4, -0.2) is 42.6 Å². The number of likely N-dealkylation sites (N-methyl/N-ethyl adjacent to an activating group) is 1. The highest BCUT2D eigenvalue weighted by Crippen LogP contribution is 2.34. The van der Waals surface area contributed by atoms with Crippen LogP contribution < -0.4 is 5.73 Å². The zero-order valence-corrected chi connectivity index (χ0v) is 11.4. The summed E-state index contributed by atoms with van der Waals surface area (Å²) in [5, 5.41) is 0. The minimum atomic E-state index is -3.68. The SMILES string of the molecule is CN(CCN)S(=O)(=O)c1cccc2c1S(=O)C=N2. The van der Waals surface area contributed by atoms with Gasteiger partial charge >= 0.3 is 0 Å². The van der Waals surface area contributed by atoms with Crippen molar-refractivity contribution in [2.24, 2.45) is 10.7 Å². The number of hydrogen-bond acceptors (Lipinski definition) is 5. The minimum absolute atomic E-state index is 0.0341. The van der Waals surface area contributed by atoms with Gasteiger partial charge in [0, 0.05) is 20.1 Å². The van der Waals surface area contributed by atoms with Gasteiger partial charge in [-0.3, -0.25) is 0 Å². The van der Waals surface area contributed by atoms with Crippen LogP contribution in [-0.2, 0) is 20.8 Å². The molecule has 6 nitrogen and oxygen atoms in total. The molecule has 0 fully saturated rings. The molecule has 1 atom stereocenters. The van der Waals surface area contributed by atoms with E-state index in [0.29, 0.717) is 5.69 Å². The van der Waals surface area contributed by atoms with Gasteiger partial charge in [0.05, 0.1) is 26.9 Å². The highest BCUT2D eigenvalue weighted by Gasteiger charge is 2.29. The first-order chi connectivity index (χ1) is 8.48. The average Bonchev–Trinajstić information content (AvgIpc) is 2.71. The summed E-state index contributed by atoms with van der Waals surface area (Å²) in [6, 6.07) is 4.66. The molecular formula is C10H13N3O3S2. The van der Waals surface area contributed by atoms with Crippen LogP contribution >= 0.6 is 0 Å². The van der Waals surface area contributed by atoms with Crippen molar-refractivity contribution in [3.63, 3.8) is 0 Å². The molecule has 1 aliphatic rings. The number of rotatable bonds is 4. The molecule has 0 aromatic heterocycles. The van der Waals surface area contributed by atoms with Crippen molar-refractivity contribution in [3.8, 4) is 0 Å². The fourth-order valence-electron chi connectivity index (χ4n) is 1.64. The number of fused-ring (bicyclic) bond motifs is 1. The molecule has 0 spiro atoms. The molecule has 1 aliphatic heterocycles. The lowest BCUT2D eigenvalue weighted by Gasteiger charge is -2.17. The second kappa shape index (κ2) is 4.88. The molecule has 0 saturated carbocycles. The van der Waals surface area contributed by atoms with Crippen molar-refractivity contribution in [3.05, 3.63) is 18.2 Å². The Morgan fingerprint density at radius 2 is 2.17 bits per heavy atom. The fraction of sp³-hybridized carbons (Fsp3) is 0.300. The lowest BCUT2D eigenvalue weighted by atomic mass is 10.3. The average molecular weight is 287 g/mol. The summed E-state index contributed by atoms with van der Waals surface area (Å²) >= 11 is 0. The van der Waals surface area contributed by atoms with Gasteiger partial charge in [-0.2, -0.15) is 4.31 Å². The van der Waals surface area contributed by atoms with Gasteiger partial charge in [0.15, 0.2) is 0 Å². The maximum atomic E-state index is 12.3. The Kier molecular flexibility index (Phi) is 3.62. The van der Waals surface area contributed by atoms with Gasteiger partial charge in [-0.15, -0.1) is 0 Å². The molecule has 1 unspecified atom stereocenters. The number of aliphatic imine (C=N–C) groups is 1. The Morgan fingerprint density at radius 1 is 1.44 bits per heavy atom. The molecular weight excluding hydrogens is 274 g/mol. The van der Waals surface area contributed by atoms with E-state index in [-0.39, 0.29) is 22.9 Å². The van der Waals surface area contributed by atoms with Crippen LogP contribution in [0, 0.1) is 0 Å². The third kappa shape index (κ3) is 2.12. The van der Waals surface area contributed by atoms with Crippen molar-refractivity contribution in [1.29, 1.82) is 0 Å². The van der Waals surface area contributed by atoms with Crippen LogP contribution in [0.1, 0.15) is 0 Å². The van der Waals surface area contributed by atoms with E-state index in [1.54, 1.807) is 12.1 Å². The first-order valence-electron chi connectivity index (χ1n) is 5.22. The first kappa shape index (κ1) is 13.3. The van der Waals surface area contributed by atoms with Crippen LogP contribution in [0.15, 0.2) is 33.0 Å². The van der Waals surface area contributed by atoms with Crippen LogP contribution in [0.25, 0.3) is 0 Å². The van der Waals surface area contributed by atoms with Gasteiger partial charge in [-0.1, -0.05) is 6.07 Å². The topological polar surface area (TPSA) is 92.8 Å². The summed E-state index contributed by atoms with van der Waals surface area (Å²) in [5.41, 5.74) is 7.04. The summed E-state index contributed by atoms with van der Waals surface area (Å²) < 4.78 is 37.5. The van der Waals surface area contributed by atoms with Crippen LogP contribution in [0.4, 0.5) is 5.69 Å². The lowest BCUT2D eigenvalue weighted by molar-refractivity contribution is 0.475. The third-order valence-corrected chi connectivity index (χ3v) is 5.74. The minimum Gasteiger partial charge on any atom is -0.329 e. The highest BCUT2D eigenvalue weighted by atomic mass is 32.2. The maximum absolute atomic E-state index is 12.3. The molecule has 0 amide bonds. The Hall–Kier alpha value is -1.09. The van der Waals surface area contributed by atoms with Crippen molar-refractivity contribution in [1.82, 2.24) is 4.31 Å². The van der Waals surface area contributed by atoms with Crippen molar-refractivity contribution < 1.29 is 12.6 Å². The van der Waals surface area contributed by atoms with Gasteiger partial charge in [-0.25, -0.2) is 17.6 Å². The summed E-state index contributed by atoms with van der Waals surface area (Å²) in [5.74, 6) is 0. The van der Waals surface area contributed by atoms with Gasteiger partial charge < -0.3 is 5.73 Å². The van der Waals surface area contributed by atoms with E-state index >= 15 is 0 Å². The Labute approximate surface area is 108 Å². The summed E-state index contributed by atoms with van der Waals surface area (Å²) in [6.45, 7) is 0.434. The molecule has 8 heteroatoms. The smallest absolute Gasteiger partial charge is 0.244 e. The lowest BCUT2D eigenvalue weighted by Crippen LogP contribution is -2.32. The van der Waals surface area contributed by atoms with Crippen LogP contribution in [0.2, 0.25) is 0 Å². The number of nitrogens with zero attached hydrogens (tertiary/aromatic N) is 2. The molecule has 0 radical (unpaired) electrons. The van der Waals surface area contributed by atoms with E-state index in [1.165, 1.54) is 18.7 Å². The molecule has 2 N–H and O–H groups in total. The van der Waals surface area contributed by atoms with Crippen molar-refractivity contribution in [2.45, 2.75) is 9.79 Å². The maximum Gasteiger partial charge on any atom is 0.244 e.